The number of halogens is 2. The van der Waals surface area contributed by atoms with Crippen LogP contribution in [0, 0.1) is 12.7 Å². The first-order valence-corrected chi connectivity index (χ1v) is 5.91. The van der Waals surface area contributed by atoms with Gasteiger partial charge < -0.3 is 10.4 Å². The molecule has 0 aromatic heterocycles. The number of phenols is 1. The van der Waals surface area contributed by atoms with Gasteiger partial charge in [-0.2, -0.15) is 0 Å². The van der Waals surface area contributed by atoms with Crippen molar-refractivity contribution in [1.29, 1.82) is 0 Å². The molecule has 4 heteroatoms. The van der Waals surface area contributed by atoms with Gasteiger partial charge in [0.15, 0.2) is 0 Å². The minimum atomic E-state index is -0.416. The van der Waals surface area contributed by atoms with Gasteiger partial charge in [0.05, 0.1) is 5.02 Å². The van der Waals surface area contributed by atoms with E-state index in [1.54, 1.807) is 30.3 Å². The van der Waals surface area contributed by atoms with Crippen LogP contribution in [0.15, 0.2) is 36.4 Å². The molecule has 94 valence electrons. The number of anilines is 1. The fraction of sp³-hybridized carbons (Fsp3) is 0.143. The third kappa shape index (κ3) is 2.93. The van der Waals surface area contributed by atoms with E-state index in [0.29, 0.717) is 6.54 Å². The maximum atomic E-state index is 13.0. The molecule has 0 saturated carbocycles. The molecule has 2 aromatic rings. The van der Waals surface area contributed by atoms with Crippen molar-refractivity contribution in [3.05, 3.63) is 58.4 Å². The van der Waals surface area contributed by atoms with Crippen molar-refractivity contribution >= 4 is 17.3 Å². The Morgan fingerprint density at radius 1 is 1.22 bits per heavy atom. The minimum Gasteiger partial charge on any atom is -0.508 e. The predicted molar refractivity (Wildman–Crippen MR) is 71.6 cm³/mol. The second-order valence-electron chi connectivity index (χ2n) is 4.10. The Morgan fingerprint density at radius 2 is 2.00 bits per heavy atom. The van der Waals surface area contributed by atoms with Crippen molar-refractivity contribution < 1.29 is 9.50 Å². The Labute approximate surface area is 110 Å². The number of nitrogens with one attached hydrogen (secondary N) is 1. The van der Waals surface area contributed by atoms with Crippen LogP contribution in [0.3, 0.4) is 0 Å². The van der Waals surface area contributed by atoms with Crippen LogP contribution in [0.1, 0.15) is 11.1 Å². The zero-order valence-corrected chi connectivity index (χ0v) is 10.6. The molecule has 0 saturated heterocycles. The highest BCUT2D eigenvalue weighted by Gasteiger charge is 2.02. The average Bonchev–Trinajstić information content (AvgIpc) is 2.32. The van der Waals surface area contributed by atoms with Crippen LogP contribution < -0.4 is 5.32 Å². The number of aryl methyl sites for hydroxylation is 1. The van der Waals surface area contributed by atoms with E-state index in [0.717, 1.165) is 16.8 Å². The second kappa shape index (κ2) is 5.27. The molecule has 2 rings (SSSR count). The van der Waals surface area contributed by atoms with E-state index in [9.17, 15) is 9.50 Å². The average molecular weight is 266 g/mol. The molecule has 0 unspecified atom stereocenters. The monoisotopic (exact) mass is 265 g/mol. The van der Waals surface area contributed by atoms with Crippen LogP contribution in [-0.2, 0) is 6.54 Å². The number of hydrogen-bond acceptors (Lipinski definition) is 2. The summed E-state index contributed by atoms with van der Waals surface area (Å²) in [6.45, 7) is 2.45. The van der Waals surface area contributed by atoms with E-state index < -0.39 is 5.82 Å². The summed E-state index contributed by atoms with van der Waals surface area (Å²) in [6, 6.07) is 9.73. The predicted octanol–water partition coefficient (Wildman–Crippen LogP) is 4.11. The van der Waals surface area contributed by atoms with Gasteiger partial charge in [-0.3, -0.25) is 0 Å². The highest BCUT2D eigenvalue weighted by atomic mass is 35.5. The highest BCUT2D eigenvalue weighted by molar-refractivity contribution is 6.30. The molecule has 2 N–H and O–H groups in total. The second-order valence-corrected chi connectivity index (χ2v) is 4.51. The summed E-state index contributed by atoms with van der Waals surface area (Å²) in [5, 5.41) is 12.6. The summed E-state index contributed by atoms with van der Waals surface area (Å²) in [4.78, 5) is 0. The van der Waals surface area contributed by atoms with Gasteiger partial charge in [0.2, 0.25) is 0 Å². The molecular weight excluding hydrogens is 253 g/mol. The molecule has 0 radical (unpaired) electrons. The molecule has 0 spiro atoms. The van der Waals surface area contributed by atoms with E-state index in [-0.39, 0.29) is 10.8 Å². The van der Waals surface area contributed by atoms with Gasteiger partial charge in [-0.15, -0.1) is 0 Å². The molecular formula is C14H13ClFNO. The first-order chi connectivity index (χ1) is 8.56. The van der Waals surface area contributed by atoms with Crippen molar-refractivity contribution in [2.75, 3.05) is 5.32 Å². The molecule has 2 nitrogen and oxygen atoms in total. The van der Waals surface area contributed by atoms with Crippen LogP contribution in [0.4, 0.5) is 10.1 Å². The molecule has 0 heterocycles. The lowest BCUT2D eigenvalue weighted by Gasteiger charge is -2.10. The van der Waals surface area contributed by atoms with Gasteiger partial charge >= 0.3 is 0 Å². The quantitative estimate of drug-likeness (QED) is 0.819. The summed E-state index contributed by atoms with van der Waals surface area (Å²) < 4.78 is 13.0. The fourth-order valence-electron chi connectivity index (χ4n) is 1.69. The smallest absolute Gasteiger partial charge is 0.141 e. The SMILES string of the molecule is Cc1cc(O)ccc1NCc1ccc(F)c(Cl)c1. The normalized spacial score (nSPS) is 10.4. The lowest BCUT2D eigenvalue weighted by molar-refractivity contribution is 0.475. The molecule has 0 fully saturated rings. The molecule has 2 aromatic carbocycles. The Balaban J connectivity index is 2.09. The van der Waals surface area contributed by atoms with Gasteiger partial charge in [-0.1, -0.05) is 17.7 Å². The molecule has 0 amide bonds. The topological polar surface area (TPSA) is 32.3 Å². The summed E-state index contributed by atoms with van der Waals surface area (Å²) in [5.41, 5.74) is 2.77. The Bertz CT molecular complexity index is 572. The third-order valence-electron chi connectivity index (χ3n) is 2.68. The van der Waals surface area contributed by atoms with Crippen molar-refractivity contribution in [2.45, 2.75) is 13.5 Å². The van der Waals surface area contributed by atoms with E-state index in [4.69, 9.17) is 11.6 Å². The first kappa shape index (κ1) is 12.7. The zero-order chi connectivity index (χ0) is 13.1. The van der Waals surface area contributed by atoms with Gasteiger partial charge in [0.25, 0.3) is 0 Å². The summed E-state index contributed by atoms with van der Waals surface area (Å²) >= 11 is 5.71. The Morgan fingerprint density at radius 3 is 2.67 bits per heavy atom. The number of aromatic hydroxyl groups is 1. The molecule has 0 atom stereocenters. The third-order valence-corrected chi connectivity index (χ3v) is 2.97. The van der Waals surface area contributed by atoms with E-state index in [1.165, 1.54) is 6.07 Å². The highest BCUT2D eigenvalue weighted by Crippen LogP contribution is 2.21. The van der Waals surface area contributed by atoms with Gasteiger partial charge in [-0.05, 0) is 48.4 Å². The van der Waals surface area contributed by atoms with Gasteiger partial charge in [-0.25, -0.2) is 4.39 Å². The summed E-state index contributed by atoms with van der Waals surface area (Å²) in [7, 11) is 0. The molecule has 0 bridgehead atoms. The molecule has 0 aliphatic carbocycles. The van der Waals surface area contributed by atoms with Crippen LogP contribution in [-0.4, -0.2) is 5.11 Å². The van der Waals surface area contributed by atoms with Crippen LogP contribution in [0.2, 0.25) is 5.02 Å². The summed E-state index contributed by atoms with van der Waals surface area (Å²) in [5.74, 6) is -0.177. The van der Waals surface area contributed by atoms with E-state index >= 15 is 0 Å². The van der Waals surface area contributed by atoms with E-state index in [2.05, 4.69) is 5.32 Å². The fourth-order valence-corrected chi connectivity index (χ4v) is 1.90. The first-order valence-electron chi connectivity index (χ1n) is 5.53. The molecule has 18 heavy (non-hydrogen) atoms. The zero-order valence-electron chi connectivity index (χ0n) is 9.87. The summed E-state index contributed by atoms with van der Waals surface area (Å²) in [6.07, 6.45) is 0. The number of phenolic OH excluding ortho intramolecular Hbond substituents is 1. The lowest BCUT2D eigenvalue weighted by atomic mass is 10.1. The van der Waals surface area contributed by atoms with Crippen molar-refractivity contribution in [1.82, 2.24) is 0 Å². The van der Waals surface area contributed by atoms with Crippen LogP contribution in [0.5, 0.6) is 5.75 Å². The largest absolute Gasteiger partial charge is 0.508 e. The van der Waals surface area contributed by atoms with Crippen molar-refractivity contribution in [3.8, 4) is 5.75 Å². The maximum Gasteiger partial charge on any atom is 0.141 e. The van der Waals surface area contributed by atoms with Gasteiger partial charge in [0, 0.05) is 12.2 Å². The molecule has 0 aliphatic rings. The van der Waals surface area contributed by atoms with Crippen molar-refractivity contribution in [2.24, 2.45) is 0 Å². The standard InChI is InChI=1S/C14H13ClFNO/c1-9-6-11(18)3-5-14(9)17-8-10-2-4-13(16)12(15)7-10/h2-7,17-18H,8H2,1H3. The van der Waals surface area contributed by atoms with Gasteiger partial charge in [0.1, 0.15) is 11.6 Å². The Kier molecular flexibility index (Phi) is 3.72. The maximum absolute atomic E-state index is 13.0. The van der Waals surface area contributed by atoms with Crippen LogP contribution >= 0.6 is 11.6 Å². The number of rotatable bonds is 3. The van der Waals surface area contributed by atoms with E-state index in [1.807, 2.05) is 6.92 Å². The molecule has 0 aliphatic heterocycles. The Hall–Kier alpha value is -1.74. The lowest BCUT2D eigenvalue weighted by Crippen LogP contribution is -2.01. The number of benzene rings is 2. The minimum absolute atomic E-state index is 0.122. The van der Waals surface area contributed by atoms with Crippen molar-refractivity contribution in [3.63, 3.8) is 0 Å². The number of hydrogen-bond donors (Lipinski definition) is 2. The van der Waals surface area contributed by atoms with Crippen LogP contribution in [0.25, 0.3) is 0 Å².